The van der Waals surface area contributed by atoms with Gasteiger partial charge in [0.25, 0.3) is 5.91 Å². The largest absolute Gasteiger partial charge is 0.480 e. The first kappa shape index (κ1) is 15.3. The molecule has 2 rings (SSSR count). The minimum absolute atomic E-state index is 0.131. The third kappa shape index (κ3) is 3.14. The van der Waals surface area contributed by atoms with Crippen molar-refractivity contribution in [1.82, 2.24) is 15.5 Å². The SMILES string of the molecule is CC1CCC(NC(=O)CN2C(=O)CNC2=O)(C(=O)O)CC1. The molecule has 0 atom stereocenters. The van der Waals surface area contributed by atoms with E-state index in [1.165, 1.54) is 0 Å². The summed E-state index contributed by atoms with van der Waals surface area (Å²) >= 11 is 0. The van der Waals surface area contributed by atoms with Crippen LogP contribution in [0.3, 0.4) is 0 Å². The molecule has 1 heterocycles. The van der Waals surface area contributed by atoms with E-state index >= 15 is 0 Å². The molecule has 2 fully saturated rings. The van der Waals surface area contributed by atoms with Gasteiger partial charge in [-0.15, -0.1) is 0 Å². The standard InChI is InChI=1S/C13H19N3O5/c1-8-2-4-13(5-3-8,11(19)20)15-9(17)7-16-10(18)6-14-12(16)21/h8H,2-7H2,1H3,(H,14,21)(H,15,17)(H,19,20). The van der Waals surface area contributed by atoms with Gasteiger partial charge in [0, 0.05) is 0 Å². The van der Waals surface area contributed by atoms with Crippen molar-refractivity contribution in [3.05, 3.63) is 0 Å². The average Bonchev–Trinajstić information content (AvgIpc) is 2.73. The number of imide groups is 1. The molecular weight excluding hydrogens is 278 g/mol. The zero-order valence-electron chi connectivity index (χ0n) is 11.8. The second-order valence-electron chi connectivity index (χ2n) is 5.76. The van der Waals surface area contributed by atoms with Crippen molar-refractivity contribution in [2.75, 3.05) is 13.1 Å². The number of amides is 4. The summed E-state index contributed by atoms with van der Waals surface area (Å²) in [7, 11) is 0. The zero-order valence-corrected chi connectivity index (χ0v) is 11.8. The van der Waals surface area contributed by atoms with E-state index in [9.17, 15) is 24.3 Å². The third-order valence-electron chi connectivity index (χ3n) is 4.15. The quantitative estimate of drug-likeness (QED) is 0.615. The average molecular weight is 297 g/mol. The number of carbonyl (C=O) groups excluding carboxylic acids is 3. The van der Waals surface area contributed by atoms with E-state index in [1.807, 2.05) is 6.92 Å². The van der Waals surface area contributed by atoms with Crippen molar-refractivity contribution in [2.24, 2.45) is 5.92 Å². The number of urea groups is 1. The second-order valence-corrected chi connectivity index (χ2v) is 5.76. The molecular formula is C13H19N3O5. The lowest BCUT2D eigenvalue weighted by atomic mass is 9.77. The minimum atomic E-state index is -1.29. The Balaban J connectivity index is 2.00. The maximum Gasteiger partial charge on any atom is 0.329 e. The minimum Gasteiger partial charge on any atom is -0.480 e. The predicted molar refractivity (Wildman–Crippen MR) is 71.3 cm³/mol. The van der Waals surface area contributed by atoms with Crippen LogP contribution >= 0.6 is 0 Å². The van der Waals surface area contributed by atoms with Gasteiger partial charge < -0.3 is 15.7 Å². The van der Waals surface area contributed by atoms with Crippen molar-refractivity contribution >= 4 is 23.8 Å². The molecule has 4 amide bonds. The smallest absolute Gasteiger partial charge is 0.329 e. The van der Waals surface area contributed by atoms with E-state index in [1.54, 1.807) is 0 Å². The third-order valence-corrected chi connectivity index (χ3v) is 4.15. The van der Waals surface area contributed by atoms with E-state index in [-0.39, 0.29) is 6.54 Å². The molecule has 1 aliphatic carbocycles. The maximum absolute atomic E-state index is 12.0. The molecule has 3 N–H and O–H groups in total. The van der Waals surface area contributed by atoms with Gasteiger partial charge >= 0.3 is 12.0 Å². The summed E-state index contributed by atoms with van der Waals surface area (Å²) in [6.45, 7) is 1.46. The molecule has 1 saturated carbocycles. The van der Waals surface area contributed by atoms with Crippen molar-refractivity contribution < 1.29 is 24.3 Å². The maximum atomic E-state index is 12.0. The Morgan fingerprint density at radius 1 is 1.38 bits per heavy atom. The Morgan fingerprint density at radius 3 is 2.48 bits per heavy atom. The number of carbonyl (C=O) groups is 4. The lowest BCUT2D eigenvalue weighted by Crippen LogP contribution is -2.58. The summed E-state index contributed by atoms with van der Waals surface area (Å²) in [4.78, 5) is 47.1. The number of nitrogens with one attached hydrogen (secondary N) is 2. The molecule has 0 spiro atoms. The van der Waals surface area contributed by atoms with Crippen LogP contribution in [0.5, 0.6) is 0 Å². The van der Waals surface area contributed by atoms with Gasteiger partial charge in [-0.3, -0.25) is 14.5 Å². The van der Waals surface area contributed by atoms with E-state index in [4.69, 9.17) is 0 Å². The fourth-order valence-corrected chi connectivity index (χ4v) is 2.71. The van der Waals surface area contributed by atoms with Gasteiger partial charge in [0.05, 0.1) is 6.54 Å². The molecule has 0 aromatic carbocycles. The van der Waals surface area contributed by atoms with Crippen LogP contribution in [0.4, 0.5) is 4.79 Å². The zero-order chi connectivity index (χ0) is 15.6. The molecule has 116 valence electrons. The van der Waals surface area contributed by atoms with Gasteiger partial charge in [-0.25, -0.2) is 9.59 Å². The lowest BCUT2D eigenvalue weighted by molar-refractivity contribution is -0.149. The summed E-state index contributed by atoms with van der Waals surface area (Å²) in [5, 5.41) is 14.2. The van der Waals surface area contributed by atoms with Gasteiger partial charge in [0.2, 0.25) is 5.91 Å². The number of hydrogen-bond donors (Lipinski definition) is 3. The Hall–Kier alpha value is -2.12. The normalized spacial score (nSPS) is 29.2. The number of rotatable bonds is 4. The fraction of sp³-hybridized carbons (Fsp3) is 0.692. The highest BCUT2D eigenvalue weighted by molar-refractivity contribution is 6.04. The summed E-state index contributed by atoms with van der Waals surface area (Å²) < 4.78 is 0. The molecule has 0 aromatic heterocycles. The summed E-state index contributed by atoms with van der Waals surface area (Å²) in [5.74, 6) is -1.76. The van der Waals surface area contributed by atoms with Gasteiger partial charge in [-0.05, 0) is 31.6 Å². The van der Waals surface area contributed by atoms with Crippen LogP contribution in [0, 0.1) is 5.92 Å². The number of nitrogens with zero attached hydrogens (tertiary/aromatic N) is 1. The Kier molecular flexibility index (Phi) is 4.15. The number of carboxylic acids is 1. The van der Waals surface area contributed by atoms with Crippen LogP contribution in [0.15, 0.2) is 0 Å². The Bertz CT molecular complexity index is 466. The van der Waals surface area contributed by atoms with E-state index in [0.717, 1.165) is 17.7 Å². The summed E-state index contributed by atoms with van der Waals surface area (Å²) in [6.07, 6.45) is 2.15. The van der Waals surface area contributed by atoms with E-state index in [2.05, 4.69) is 10.6 Å². The first-order valence-electron chi connectivity index (χ1n) is 6.97. The van der Waals surface area contributed by atoms with Crippen molar-refractivity contribution in [2.45, 2.75) is 38.1 Å². The molecule has 0 radical (unpaired) electrons. The van der Waals surface area contributed by atoms with Gasteiger partial charge in [-0.1, -0.05) is 6.92 Å². The van der Waals surface area contributed by atoms with Crippen molar-refractivity contribution in [3.8, 4) is 0 Å². The van der Waals surface area contributed by atoms with E-state index < -0.39 is 35.9 Å². The fourth-order valence-electron chi connectivity index (χ4n) is 2.71. The molecule has 0 bridgehead atoms. The molecule has 0 aromatic rings. The van der Waals surface area contributed by atoms with Crippen molar-refractivity contribution in [3.63, 3.8) is 0 Å². The molecule has 21 heavy (non-hydrogen) atoms. The monoisotopic (exact) mass is 297 g/mol. The molecule has 2 aliphatic rings. The highest BCUT2D eigenvalue weighted by Crippen LogP contribution is 2.32. The number of aliphatic carboxylic acids is 1. The highest BCUT2D eigenvalue weighted by Gasteiger charge is 2.43. The first-order chi connectivity index (χ1) is 9.84. The molecule has 1 saturated heterocycles. The first-order valence-corrected chi connectivity index (χ1v) is 6.97. The van der Waals surface area contributed by atoms with E-state index in [0.29, 0.717) is 18.8 Å². The Labute approximate surface area is 121 Å². The highest BCUT2D eigenvalue weighted by atomic mass is 16.4. The van der Waals surface area contributed by atoms with Crippen LogP contribution in [0.2, 0.25) is 0 Å². The topological polar surface area (TPSA) is 116 Å². The van der Waals surface area contributed by atoms with Crippen molar-refractivity contribution in [1.29, 1.82) is 0 Å². The van der Waals surface area contributed by atoms with Gasteiger partial charge in [0.15, 0.2) is 0 Å². The van der Waals surface area contributed by atoms with Crippen LogP contribution in [0.1, 0.15) is 32.6 Å². The van der Waals surface area contributed by atoms with Crippen LogP contribution in [0.25, 0.3) is 0 Å². The van der Waals surface area contributed by atoms with Gasteiger partial charge in [-0.2, -0.15) is 0 Å². The lowest BCUT2D eigenvalue weighted by Gasteiger charge is -2.36. The predicted octanol–water partition coefficient (Wildman–Crippen LogP) is -0.312. The molecule has 0 unspecified atom stereocenters. The van der Waals surface area contributed by atoms with Crippen LogP contribution < -0.4 is 10.6 Å². The summed E-state index contributed by atoms with van der Waals surface area (Å²) in [6, 6.07) is -0.628. The van der Waals surface area contributed by atoms with Crippen LogP contribution in [-0.4, -0.2) is 52.4 Å². The molecule has 1 aliphatic heterocycles. The summed E-state index contributed by atoms with van der Waals surface area (Å²) in [5.41, 5.74) is -1.29. The van der Waals surface area contributed by atoms with Gasteiger partial charge in [0.1, 0.15) is 12.1 Å². The Morgan fingerprint density at radius 2 is 2.00 bits per heavy atom. The number of hydrogen-bond acceptors (Lipinski definition) is 4. The van der Waals surface area contributed by atoms with Crippen LogP contribution in [-0.2, 0) is 14.4 Å². The number of carboxylic acid groups (broad SMARTS) is 1. The molecule has 8 heteroatoms. The second kappa shape index (κ2) is 5.71. The molecule has 8 nitrogen and oxygen atoms in total.